The van der Waals surface area contributed by atoms with Gasteiger partial charge in [-0.1, -0.05) is 19.1 Å². The maximum Gasteiger partial charge on any atom is 0.142 e. The molecule has 0 aliphatic carbocycles. The first-order chi connectivity index (χ1) is 8.17. The first kappa shape index (κ1) is 13.8. The second kappa shape index (κ2) is 7.17. The highest BCUT2D eigenvalue weighted by molar-refractivity contribution is 5.56. The van der Waals surface area contributed by atoms with Gasteiger partial charge in [0.15, 0.2) is 0 Å². The Kier molecular flexibility index (Phi) is 5.84. The Morgan fingerprint density at radius 2 is 1.94 bits per heavy atom. The second-order valence-electron chi connectivity index (χ2n) is 4.37. The molecule has 0 saturated carbocycles. The van der Waals surface area contributed by atoms with Crippen LogP contribution < -0.4 is 10.1 Å². The molecule has 0 bridgehead atoms. The molecule has 0 spiro atoms. The van der Waals surface area contributed by atoms with Gasteiger partial charge in [0.05, 0.1) is 18.4 Å². The molecule has 17 heavy (non-hydrogen) atoms. The molecule has 1 unspecified atom stereocenters. The zero-order valence-corrected chi connectivity index (χ0v) is 11.2. The summed E-state index contributed by atoms with van der Waals surface area (Å²) in [5.74, 6) is 0.900. The fourth-order valence-electron chi connectivity index (χ4n) is 1.63. The monoisotopic (exact) mass is 237 g/mol. The van der Waals surface area contributed by atoms with Gasteiger partial charge in [0.1, 0.15) is 5.75 Å². The Balaban J connectivity index is 2.74. The lowest BCUT2D eigenvalue weighted by atomic mass is 10.2. The van der Waals surface area contributed by atoms with Crippen LogP contribution in [-0.4, -0.2) is 25.9 Å². The number of benzene rings is 1. The summed E-state index contributed by atoms with van der Waals surface area (Å²) in [6.45, 7) is 6.90. The first-order valence-electron chi connectivity index (χ1n) is 6.18. The van der Waals surface area contributed by atoms with Crippen LogP contribution in [0.15, 0.2) is 24.3 Å². The molecule has 0 radical (unpaired) electrons. The van der Waals surface area contributed by atoms with E-state index < -0.39 is 0 Å². The Hall–Kier alpha value is -1.22. The van der Waals surface area contributed by atoms with Gasteiger partial charge in [-0.3, -0.25) is 0 Å². The van der Waals surface area contributed by atoms with Crippen molar-refractivity contribution < 1.29 is 9.47 Å². The summed E-state index contributed by atoms with van der Waals surface area (Å²) in [5.41, 5.74) is 1.03. The fourth-order valence-corrected chi connectivity index (χ4v) is 1.63. The van der Waals surface area contributed by atoms with Crippen LogP contribution in [0.25, 0.3) is 0 Å². The van der Waals surface area contributed by atoms with Crippen LogP contribution in [0, 0.1) is 0 Å². The molecule has 0 heterocycles. The maximum absolute atomic E-state index is 5.77. The van der Waals surface area contributed by atoms with Crippen molar-refractivity contribution >= 4 is 5.69 Å². The summed E-state index contributed by atoms with van der Waals surface area (Å²) < 4.78 is 11.0. The Morgan fingerprint density at radius 1 is 1.24 bits per heavy atom. The molecular formula is C14H23NO2. The summed E-state index contributed by atoms with van der Waals surface area (Å²) in [4.78, 5) is 0. The number of hydrogen-bond acceptors (Lipinski definition) is 3. The van der Waals surface area contributed by atoms with Crippen molar-refractivity contribution in [2.75, 3.05) is 19.0 Å². The van der Waals surface area contributed by atoms with Crippen molar-refractivity contribution in [1.82, 2.24) is 0 Å². The number of para-hydroxylation sites is 2. The molecule has 0 amide bonds. The summed E-state index contributed by atoms with van der Waals surface area (Å²) in [7, 11) is 1.72. The van der Waals surface area contributed by atoms with Gasteiger partial charge in [-0.25, -0.2) is 0 Å². The summed E-state index contributed by atoms with van der Waals surface area (Å²) >= 11 is 0. The zero-order chi connectivity index (χ0) is 12.7. The molecule has 1 N–H and O–H groups in total. The van der Waals surface area contributed by atoms with Gasteiger partial charge in [-0.2, -0.15) is 0 Å². The lowest BCUT2D eigenvalue weighted by molar-refractivity contribution is 0.184. The highest BCUT2D eigenvalue weighted by Gasteiger charge is 2.09. The van der Waals surface area contributed by atoms with Crippen molar-refractivity contribution in [3.05, 3.63) is 24.3 Å². The molecule has 1 aromatic rings. The third-order valence-corrected chi connectivity index (χ3v) is 2.47. The van der Waals surface area contributed by atoms with Crippen LogP contribution in [0.4, 0.5) is 5.69 Å². The molecular weight excluding hydrogens is 214 g/mol. The molecule has 3 nitrogen and oxygen atoms in total. The van der Waals surface area contributed by atoms with Crippen LogP contribution in [0.5, 0.6) is 5.75 Å². The molecule has 1 aromatic carbocycles. The van der Waals surface area contributed by atoms with Crippen molar-refractivity contribution in [2.24, 2.45) is 0 Å². The van der Waals surface area contributed by atoms with Gasteiger partial charge >= 0.3 is 0 Å². The topological polar surface area (TPSA) is 30.5 Å². The number of hydrogen-bond donors (Lipinski definition) is 1. The standard InChI is InChI=1S/C14H23NO2/c1-5-12(10-16-4)15-13-8-6-7-9-14(13)17-11(2)3/h6-9,11-12,15H,5,10H2,1-4H3. The molecule has 0 saturated heterocycles. The molecule has 3 heteroatoms. The molecule has 0 fully saturated rings. The number of methoxy groups -OCH3 is 1. The highest BCUT2D eigenvalue weighted by Crippen LogP contribution is 2.25. The summed E-state index contributed by atoms with van der Waals surface area (Å²) in [6.07, 6.45) is 1.20. The normalized spacial score (nSPS) is 12.5. The third-order valence-electron chi connectivity index (χ3n) is 2.47. The average molecular weight is 237 g/mol. The summed E-state index contributed by atoms with van der Waals surface area (Å²) in [6, 6.07) is 8.34. The molecule has 0 aromatic heterocycles. The van der Waals surface area contributed by atoms with Crippen LogP contribution in [0.3, 0.4) is 0 Å². The third kappa shape index (κ3) is 4.65. The SMILES string of the molecule is CCC(COC)Nc1ccccc1OC(C)C. The number of nitrogens with one attached hydrogen (secondary N) is 1. The maximum atomic E-state index is 5.77. The number of anilines is 1. The molecule has 0 aliphatic rings. The largest absolute Gasteiger partial charge is 0.489 e. The van der Waals surface area contributed by atoms with E-state index >= 15 is 0 Å². The number of ether oxygens (including phenoxy) is 2. The van der Waals surface area contributed by atoms with E-state index in [1.807, 2.05) is 38.1 Å². The van der Waals surface area contributed by atoms with E-state index in [0.29, 0.717) is 12.6 Å². The Labute approximate surface area is 104 Å². The molecule has 1 rings (SSSR count). The van der Waals surface area contributed by atoms with Crippen molar-refractivity contribution in [3.63, 3.8) is 0 Å². The van der Waals surface area contributed by atoms with Gasteiger partial charge < -0.3 is 14.8 Å². The van der Waals surface area contributed by atoms with Crippen LogP contribution in [0.2, 0.25) is 0 Å². The fraction of sp³-hybridized carbons (Fsp3) is 0.571. The van der Waals surface area contributed by atoms with E-state index in [4.69, 9.17) is 9.47 Å². The summed E-state index contributed by atoms with van der Waals surface area (Å²) in [5, 5.41) is 3.45. The first-order valence-corrected chi connectivity index (χ1v) is 6.18. The second-order valence-corrected chi connectivity index (χ2v) is 4.37. The van der Waals surface area contributed by atoms with Crippen LogP contribution in [0.1, 0.15) is 27.2 Å². The Morgan fingerprint density at radius 3 is 2.53 bits per heavy atom. The molecule has 0 aliphatic heterocycles. The lowest BCUT2D eigenvalue weighted by Gasteiger charge is -2.20. The van der Waals surface area contributed by atoms with E-state index in [1.165, 1.54) is 0 Å². The number of rotatable bonds is 7. The molecule has 1 atom stereocenters. The van der Waals surface area contributed by atoms with Gasteiger partial charge in [0, 0.05) is 13.2 Å². The van der Waals surface area contributed by atoms with E-state index in [-0.39, 0.29) is 6.10 Å². The predicted molar refractivity (Wildman–Crippen MR) is 71.8 cm³/mol. The molecule has 96 valence electrons. The van der Waals surface area contributed by atoms with Gasteiger partial charge in [-0.15, -0.1) is 0 Å². The minimum absolute atomic E-state index is 0.181. The highest BCUT2D eigenvalue weighted by atomic mass is 16.5. The van der Waals surface area contributed by atoms with Gasteiger partial charge in [-0.05, 0) is 32.4 Å². The van der Waals surface area contributed by atoms with Crippen molar-refractivity contribution in [3.8, 4) is 5.75 Å². The van der Waals surface area contributed by atoms with Gasteiger partial charge in [0.2, 0.25) is 0 Å². The smallest absolute Gasteiger partial charge is 0.142 e. The van der Waals surface area contributed by atoms with Crippen LogP contribution in [-0.2, 0) is 4.74 Å². The van der Waals surface area contributed by atoms with E-state index in [2.05, 4.69) is 12.2 Å². The van der Waals surface area contributed by atoms with Crippen LogP contribution >= 0.6 is 0 Å². The van der Waals surface area contributed by atoms with Crippen molar-refractivity contribution in [1.29, 1.82) is 0 Å². The van der Waals surface area contributed by atoms with Gasteiger partial charge in [0.25, 0.3) is 0 Å². The average Bonchev–Trinajstić information content (AvgIpc) is 2.30. The van der Waals surface area contributed by atoms with E-state index in [0.717, 1.165) is 17.9 Å². The lowest BCUT2D eigenvalue weighted by Crippen LogP contribution is -2.24. The Bertz CT molecular complexity index is 326. The van der Waals surface area contributed by atoms with E-state index in [9.17, 15) is 0 Å². The zero-order valence-electron chi connectivity index (χ0n) is 11.2. The minimum atomic E-state index is 0.181. The predicted octanol–water partition coefficient (Wildman–Crippen LogP) is 3.31. The van der Waals surface area contributed by atoms with Crippen molar-refractivity contribution in [2.45, 2.75) is 39.3 Å². The quantitative estimate of drug-likeness (QED) is 0.789. The van der Waals surface area contributed by atoms with E-state index in [1.54, 1.807) is 7.11 Å². The minimum Gasteiger partial charge on any atom is -0.489 e.